The van der Waals surface area contributed by atoms with Crippen LogP contribution in [0.15, 0.2) is 6.20 Å². The summed E-state index contributed by atoms with van der Waals surface area (Å²) in [5, 5.41) is 11.7. The fourth-order valence-corrected chi connectivity index (χ4v) is 0.961. The highest BCUT2D eigenvalue weighted by Gasteiger charge is 2.21. The summed E-state index contributed by atoms with van der Waals surface area (Å²) in [4.78, 5) is 7.92. The summed E-state index contributed by atoms with van der Waals surface area (Å²) in [5.74, 6) is 0.750. The van der Waals surface area contributed by atoms with Gasteiger partial charge in [-0.05, 0) is 12.8 Å². The maximum absolute atomic E-state index is 8.57. The zero-order valence-electron chi connectivity index (χ0n) is 6.99. The zero-order valence-corrected chi connectivity index (χ0v) is 6.99. The minimum atomic E-state index is 0.237. The molecular formula is C8H9N5. The second-order valence-corrected chi connectivity index (χ2v) is 3.02. The Kier molecular flexibility index (Phi) is 1.74. The van der Waals surface area contributed by atoms with E-state index >= 15 is 0 Å². The van der Waals surface area contributed by atoms with Crippen LogP contribution in [0.2, 0.25) is 0 Å². The van der Waals surface area contributed by atoms with Crippen molar-refractivity contribution in [2.75, 3.05) is 11.1 Å². The Morgan fingerprint density at radius 2 is 2.38 bits per heavy atom. The number of nitrogens with zero attached hydrogens (tertiary/aromatic N) is 3. The first-order valence-electron chi connectivity index (χ1n) is 4.09. The summed E-state index contributed by atoms with van der Waals surface area (Å²) in [5.41, 5.74) is 5.84. The number of aromatic nitrogens is 2. The topological polar surface area (TPSA) is 87.6 Å². The summed E-state index contributed by atoms with van der Waals surface area (Å²) in [6.45, 7) is 0. The third kappa shape index (κ3) is 1.67. The lowest BCUT2D eigenvalue weighted by atomic mass is 10.3. The van der Waals surface area contributed by atoms with E-state index in [4.69, 9.17) is 11.0 Å². The maximum Gasteiger partial charge on any atom is 0.224 e. The van der Waals surface area contributed by atoms with Gasteiger partial charge in [-0.1, -0.05) is 0 Å². The third-order valence-corrected chi connectivity index (χ3v) is 1.85. The first-order chi connectivity index (χ1) is 6.29. The molecule has 0 bridgehead atoms. The standard InChI is InChI=1S/C8H9N5/c9-3-5-4-11-8(13-7(5)10)12-6-1-2-6/h4,6H,1-2H2,(H3,10,11,12,13). The van der Waals surface area contributed by atoms with Gasteiger partial charge < -0.3 is 11.1 Å². The van der Waals surface area contributed by atoms with Crippen LogP contribution in [0, 0.1) is 11.3 Å². The lowest BCUT2D eigenvalue weighted by Crippen LogP contribution is -2.07. The normalized spacial score (nSPS) is 15.0. The highest BCUT2D eigenvalue weighted by atomic mass is 15.1. The average molecular weight is 175 g/mol. The van der Waals surface area contributed by atoms with Crippen LogP contribution in [0.5, 0.6) is 0 Å². The molecule has 1 aliphatic carbocycles. The van der Waals surface area contributed by atoms with Crippen LogP contribution >= 0.6 is 0 Å². The first kappa shape index (κ1) is 7.80. The van der Waals surface area contributed by atoms with Crippen molar-refractivity contribution in [3.05, 3.63) is 11.8 Å². The van der Waals surface area contributed by atoms with E-state index in [9.17, 15) is 0 Å². The van der Waals surface area contributed by atoms with Gasteiger partial charge in [0, 0.05) is 6.04 Å². The Morgan fingerprint density at radius 1 is 1.62 bits per heavy atom. The van der Waals surface area contributed by atoms with Crippen molar-refractivity contribution in [3.63, 3.8) is 0 Å². The molecule has 0 saturated heterocycles. The number of nitrogen functional groups attached to an aromatic ring is 1. The molecule has 1 aromatic heterocycles. The van der Waals surface area contributed by atoms with Crippen molar-refractivity contribution in [1.29, 1.82) is 5.26 Å². The van der Waals surface area contributed by atoms with Gasteiger partial charge in [-0.25, -0.2) is 4.98 Å². The van der Waals surface area contributed by atoms with Crippen LogP contribution in [-0.4, -0.2) is 16.0 Å². The van der Waals surface area contributed by atoms with Crippen molar-refractivity contribution in [3.8, 4) is 6.07 Å². The highest BCUT2D eigenvalue weighted by Crippen LogP contribution is 2.23. The molecule has 0 amide bonds. The first-order valence-corrected chi connectivity index (χ1v) is 4.09. The van der Waals surface area contributed by atoms with Gasteiger partial charge >= 0.3 is 0 Å². The van der Waals surface area contributed by atoms with Crippen molar-refractivity contribution < 1.29 is 0 Å². The van der Waals surface area contributed by atoms with Gasteiger partial charge in [0.25, 0.3) is 0 Å². The fraction of sp³-hybridized carbons (Fsp3) is 0.375. The van der Waals surface area contributed by atoms with Crippen LogP contribution in [0.4, 0.5) is 11.8 Å². The molecule has 2 rings (SSSR count). The van der Waals surface area contributed by atoms with Gasteiger partial charge in [-0.2, -0.15) is 10.2 Å². The maximum atomic E-state index is 8.57. The number of hydrogen-bond acceptors (Lipinski definition) is 5. The summed E-state index contributed by atoms with van der Waals surface area (Å²) in [6, 6.07) is 2.41. The molecule has 0 radical (unpaired) electrons. The Morgan fingerprint density at radius 3 is 2.92 bits per heavy atom. The van der Waals surface area contributed by atoms with E-state index in [0.29, 0.717) is 17.6 Å². The van der Waals surface area contributed by atoms with E-state index < -0.39 is 0 Å². The van der Waals surface area contributed by atoms with Crippen molar-refractivity contribution in [2.24, 2.45) is 0 Å². The van der Waals surface area contributed by atoms with Crippen molar-refractivity contribution in [2.45, 2.75) is 18.9 Å². The largest absolute Gasteiger partial charge is 0.382 e. The summed E-state index contributed by atoms with van der Waals surface area (Å²) < 4.78 is 0. The zero-order chi connectivity index (χ0) is 9.26. The molecule has 0 aromatic carbocycles. The molecule has 1 aromatic rings. The van der Waals surface area contributed by atoms with Crippen LogP contribution in [0.3, 0.4) is 0 Å². The van der Waals surface area contributed by atoms with Gasteiger partial charge in [-0.3, -0.25) is 0 Å². The Hall–Kier alpha value is -1.83. The summed E-state index contributed by atoms with van der Waals surface area (Å²) in [7, 11) is 0. The second-order valence-electron chi connectivity index (χ2n) is 3.02. The molecule has 66 valence electrons. The number of anilines is 2. The minimum Gasteiger partial charge on any atom is -0.382 e. The Bertz CT molecular complexity index is 363. The molecule has 1 aliphatic rings. The monoisotopic (exact) mass is 175 g/mol. The van der Waals surface area contributed by atoms with E-state index in [1.54, 1.807) is 0 Å². The van der Waals surface area contributed by atoms with Crippen LogP contribution in [0.25, 0.3) is 0 Å². The number of nitriles is 1. The van der Waals surface area contributed by atoms with E-state index in [0.717, 1.165) is 12.8 Å². The number of hydrogen-bond donors (Lipinski definition) is 2. The van der Waals surface area contributed by atoms with Gasteiger partial charge in [0.15, 0.2) is 0 Å². The second kappa shape index (κ2) is 2.90. The van der Waals surface area contributed by atoms with Gasteiger partial charge in [0.05, 0.1) is 6.20 Å². The summed E-state index contributed by atoms with van der Waals surface area (Å²) in [6.07, 6.45) is 3.75. The molecule has 1 saturated carbocycles. The molecule has 1 heterocycles. The molecule has 0 atom stereocenters. The lowest BCUT2D eigenvalue weighted by molar-refractivity contribution is 1.05. The Labute approximate surface area is 75.6 Å². The van der Waals surface area contributed by atoms with E-state index in [1.165, 1.54) is 6.20 Å². The molecule has 0 unspecified atom stereocenters. The van der Waals surface area contributed by atoms with Gasteiger partial charge in [-0.15, -0.1) is 0 Å². The Balaban J connectivity index is 2.19. The third-order valence-electron chi connectivity index (χ3n) is 1.85. The van der Waals surface area contributed by atoms with Gasteiger partial charge in [0.1, 0.15) is 17.5 Å². The summed E-state index contributed by atoms with van der Waals surface area (Å²) >= 11 is 0. The number of nitrogens with one attached hydrogen (secondary N) is 1. The SMILES string of the molecule is N#Cc1cnc(NC2CC2)nc1N. The van der Waals surface area contributed by atoms with Gasteiger partial charge in [0.2, 0.25) is 5.95 Å². The predicted molar refractivity (Wildman–Crippen MR) is 47.8 cm³/mol. The average Bonchev–Trinajstić information content (AvgIpc) is 2.89. The van der Waals surface area contributed by atoms with Crippen molar-refractivity contribution >= 4 is 11.8 Å². The van der Waals surface area contributed by atoms with Crippen LogP contribution in [0.1, 0.15) is 18.4 Å². The highest BCUT2D eigenvalue weighted by molar-refractivity contribution is 5.50. The van der Waals surface area contributed by atoms with Crippen molar-refractivity contribution in [1.82, 2.24) is 9.97 Å². The molecule has 5 nitrogen and oxygen atoms in total. The lowest BCUT2D eigenvalue weighted by Gasteiger charge is -2.02. The molecule has 0 spiro atoms. The molecule has 13 heavy (non-hydrogen) atoms. The predicted octanol–water partition coefficient (Wildman–Crippen LogP) is 0.505. The molecule has 0 aliphatic heterocycles. The van der Waals surface area contributed by atoms with E-state index in [2.05, 4.69) is 15.3 Å². The van der Waals surface area contributed by atoms with E-state index in [-0.39, 0.29) is 5.82 Å². The molecule has 5 heteroatoms. The van der Waals surface area contributed by atoms with Crippen LogP contribution < -0.4 is 11.1 Å². The molecular weight excluding hydrogens is 166 g/mol. The minimum absolute atomic E-state index is 0.237. The fourth-order valence-electron chi connectivity index (χ4n) is 0.961. The smallest absolute Gasteiger partial charge is 0.224 e. The number of nitrogens with two attached hydrogens (primary N) is 1. The molecule has 3 N–H and O–H groups in total. The quantitative estimate of drug-likeness (QED) is 0.683. The van der Waals surface area contributed by atoms with E-state index in [1.807, 2.05) is 6.07 Å². The molecule has 1 fully saturated rings. The van der Waals surface area contributed by atoms with Crippen LogP contribution in [-0.2, 0) is 0 Å². The number of rotatable bonds is 2.